The molecule has 0 spiro atoms. The molecule has 0 saturated carbocycles. The average Bonchev–Trinajstić information content (AvgIpc) is 2.25. The van der Waals surface area contributed by atoms with Crippen molar-refractivity contribution < 1.29 is 0 Å². The number of fused-ring (bicyclic) bond motifs is 1. The molecule has 0 N–H and O–H groups in total. The Bertz CT molecular complexity index is 465. The van der Waals surface area contributed by atoms with E-state index in [0.29, 0.717) is 4.64 Å². The van der Waals surface area contributed by atoms with Crippen molar-refractivity contribution in [2.45, 2.75) is 0 Å². The highest BCUT2D eigenvalue weighted by Crippen LogP contribution is 2.08. The Morgan fingerprint density at radius 1 is 0.917 bits per heavy atom. The van der Waals surface area contributed by atoms with Crippen molar-refractivity contribution in [1.82, 2.24) is 4.98 Å². The van der Waals surface area contributed by atoms with Gasteiger partial charge in [-0.15, -0.1) is 0 Å². The summed E-state index contributed by atoms with van der Waals surface area (Å²) in [6.07, 6.45) is 0. The quantitative estimate of drug-likeness (QED) is 0.568. The average molecular weight is 173 g/mol. The van der Waals surface area contributed by atoms with Crippen molar-refractivity contribution in [2.75, 3.05) is 0 Å². The molecule has 0 aliphatic rings. The first kappa shape index (κ1) is 7.37. The van der Waals surface area contributed by atoms with E-state index in [1.165, 1.54) is 0 Å². The molecular formula is C10H7NS. The molecule has 12 heavy (non-hydrogen) atoms. The first-order chi connectivity index (χ1) is 5.86. The van der Waals surface area contributed by atoms with Crippen LogP contribution in [-0.2, 0) is 0 Å². The fourth-order valence-corrected chi connectivity index (χ4v) is 1.30. The minimum absolute atomic E-state index is 0.635. The Hall–Kier alpha value is -1.28. The van der Waals surface area contributed by atoms with Gasteiger partial charge in [-0.05, 0) is 12.1 Å². The highest BCUT2D eigenvalue weighted by Gasteiger charge is 1.87. The second-order valence-corrected chi connectivity index (χ2v) is 2.95. The molecule has 1 heterocycles. The summed E-state index contributed by atoms with van der Waals surface area (Å²) in [4.78, 5) is 4.25. The number of benzene rings is 1. The molecule has 0 saturated heterocycles. The van der Waals surface area contributed by atoms with Crippen molar-refractivity contribution in [3.05, 3.63) is 47.1 Å². The normalized spacial score (nSPS) is 10.0. The fourth-order valence-electron chi connectivity index (χ4n) is 1.12. The topological polar surface area (TPSA) is 12.9 Å². The maximum absolute atomic E-state index is 5.00. The molecule has 58 valence electrons. The van der Waals surface area contributed by atoms with Gasteiger partial charge in [0, 0.05) is 5.39 Å². The van der Waals surface area contributed by atoms with Crippen LogP contribution < -0.4 is 0 Å². The zero-order chi connectivity index (χ0) is 8.39. The lowest BCUT2D eigenvalue weighted by atomic mass is 10.2. The number of rotatable bonds is 0. The zero-order valence-corrected chi connectivity index (χ0v) is 7.21. The van der Waals surface area contributed by atoms with Crippen LogP contribution in [0.3, 0.4) is 0 Å². The summed E-state index contributed by atoms with van der Waals surface area (Å²) in [6.45, 7) is 0. The van der Waals surface area contributed by atoms with Crippen molar-refractivity contribution >= 4 is 23.1 Å². The highest BCUT2D eigenvalue weighted by atomic mass is 32.1. The summed E-state index contributed by atoms with van der Waals surface area (Å²) in [6, 6.07) is 13.7. The first-order valence-corrected chi connectivity index (χ1v) is 4.13. The lowest BCUT2D eigenvalue weighted by molar-refractivity contribution is 1.40. The number of hydrogen-bond acceptors (Lipinski definition) is 2. The second kappa shape index (κ2) is 2.99. The SMILES string of the molecule is S=c1cccc2ccccc2n1. The zero-order valence-electron chi connectivity index (χ0n) is 6.40. The summed E-state index contributed by atoms with van der Waals surface area (Å²) in [5, 5.41) is 1.12. The molecule has 1 aromatic heterocycles. The smallest absolute Gasteiger partial charge is 0.126 e. The third-order valence-corrected chi connectivity index (χ3v) is 1.91. The van der Waals surface area contributed by atoms with E-state index in [-0.39, 0.29) is 0 Å². The van der Waals surface area contributed by atoms with Gasteiger partial charge in [0.25, 0.3) is 0 Å². The molecule has 0 aliphatic carbocycles. The molecule has 1 nitrogen and oxygen atoms in total. The van der Waals surface area contributed by atoms with E-state index in [0.717, 1.165) is 10.9 Å². The predicted molar refractivity (Wildman–Crippen MR) is 52.6 cm³/mol. The van der Waals surface area contributed by atoms with Crippen LogP contribution in [0.2, 0.25) is 0 Å². The lowest BCUT2D eigenvalue weighted by Gasteiger charge is -1.86. The minimum atomic E-state index is 0.635. The number of para-hydroxylation sites is 1. The molecular weight excluding hydrogens is 166 g/mol. The summed E-state index contributed by atoms with van der Waals surface area (Å²) < 4.78 is 0.635. The van der Waals surface area contributed by atoms with Crippen LogP contribution in [-0.4, -0.2) is 4.98 Å². The monoisotopic (exact) mass is 173 g/mol. The third kappa shape index (κ3) is 1.34. The van der Waals surface area contributed by atoms with Gasteiger partial charge in [-0.3, -0.25) is 0 Å². The van der Waals surface area contributed by atoms with Gasteiger partial charge in [-0.25, -0.2) is 4.98 Å². The number of nitrogens with zero attached hydrogens (tertiary/aromatic N) is 1. The van der Waals surface area contributed by atoms with Gasteiger partial charge in [-0.1, -0.05) is 42.5 Å². The molecule has 0 radical (unpaired) electrons. The maximum atomic E-state index is 5.00. The number of aromatic nitrogens is 1. The van der Waals surface area contributed by atoms with Gasteiger partial charge < -0.3 is 0 Å². The Balaban J connectivity index is 2.98. The van der Waals surface area contributed by atoms with Gasteiger partial charge >= 0.3 is 0 Å². The molecule has 0 fully saturated rings. The number of hydrogen-bond donors (Lipinski definition) is 0. The molecule has 0 bridgehead atoms. The molecule has 0 amide bonds. The van der Waals surface area contributed by atoms with Gasteiger partial charge in [0.15, 0.2) is 0 Å². The maximum Gasteiger partial charge on any atom is 0.126 e. The van der Waals surface area contributed by atoms with Crippen molar-refractivity contribution in [3.63, 3.8) is 0 Å². The van der Waals surface area contributed by atoms with Gasteiger partial charge in [0.05, 0.1) is 5.52 Å². The Kier molecular flexibility index (Phi) is 1.84. The summed E-state index contributed by atoms with van der Waals surface area (Å²) in [5.41, 5.74) is 0.951. The Morgan fingerprint density at radius 2 is 1.67 bits per heavy atom. The fraction of sp³-hybridized carbons (Fsp3) is 0. The van der Waals surface area contributed by atoms with Crippen molar-refractivity contribution in [2.24, 2.45) is 0 Å². The minimum Gasteiger partial charge on any atom is -0.237 e. The standard InChI is InChI=1S/C10H7NS/c12-10-7-3-5-8-4-1-2-6-9(8)11-10/h1-7H. The van der Waals surface area contributed by atoms with Crippen LogP contribution in [0, 0.1) is 4.64 Å². The van der Waals surface area contributed by atoms with Crippen LogP contribution in [0.15, 0.2) is 42.5 Å². The van der Waals surface area contributed by atoms with E-state index in [2.05, 4.69) is 4.98 Å². The Morgan fingerprint density at radius 3 is 2.58 bits per heavy atom. The van der Waals surface area contributed by atoms with E-state index in [4.69, 9.17) is 12.2 Å². The van der Waals surface area contributed by atoms with Crippen LogP contribution in [0.1, 0.15) is 0 Å². The Labute approximate surface area is 75.7 Å². The molecule has 0 unspecified atom stereocenters. The van der Waals surface area contributed by atoms with Crippen LogP contribution in [0.4, 0.5) is 0 Å². The summed E-state index contributed by atoms with van der Waals surface area (Å²) in [5.74, 6) is 0. The van der Waals surface area contributed by atoms with Crippen LogP contribution in [0.5, 0.6) is 0 Å². The van der Waals surface area contributed by atoms with Crippen LogP contribution in [0.25, 0.3) is 10.9 Å². The van der Waals surface area contributed by atoms with Gasteiger partial charge in [0.1, 0.15) is 4.64 Å². The van der Waals surface area contributed by atoms with Gasteiger partial charge in [-0.2, -0.15) is 0 Å². The molecule has 1 aromatic carbocycles. The third-order valence-electron chi connectivity index (χ3n) is 1.68. The van der Waals surface area contributed by atoms with Crippen molar-refractivity contribution in [3.8, 4) is 0 Å². The van der Waals surface area contributed by atoms with E-state index in [9.17, 15) is 0 Å². The van der Waals surface area contributed by atoms with E-state index < -0.39 is 0 Å². The first-order valence-electron chi connectivity index (χ1n) is 3.72. The van der Waals surface area contributed by atoms with E-state index in [1.54, 1.807) is 0 Å². The molecule has 2 aromatic rings. The molecule has 0 atom stereocenters. The summed E-state index contributed by atoms with van der Waals surface area (Å²) >= 11 is 5.00. The summed E-state index contributed by atoms with van der Waals surface area (Å²) in [7, 11) is 0. The molecule has 2 rings (SSSR count). The van der Waals surface area contributed by atoms with Crippen LogP contribution >= 0.6 is 12.2 Å². The van der Waals surface area contributed by atoms with E-state index in [1.807, 2.05) is 42.5 Å². The molecule has 2 heteroatoms. The van der Waals surface area contributed by atoms with E-state index >= 15 is 0 Å². The largest absolute Gasteiger partial charge is 0.237 e. The van der Waals surface area contributed by atoms with Crippen molar-refractivity contribution in [1.29, 1.82) is 0 Å². The highest BCUT2D eigenvalue weighted by molar-refractivity contribution is 7.71. The van der Waals surface area contributed by atoms with Gasteiger partial charge in [0.2, 0.25) is 0 Å². The lowest BCUT2D eigenvalue weighted by Crippen LogP contribution is -1.69. The predicted octanol–water partition coefficient (Wildman–Crippen LogP) is 2.96. The second-order valence-electron chi connectivity index (χ2n) is 2.53. The molecule has 0 aliphatic heterocycles.